The molecule has 14 heavy (non-hydrogen) atoms. The van der Waals surface area contributed by atoms with Crippen LogP contribution in [0.3, 0.4) is 0 Å². The Morgan fingerprint density at radius 1 is 1.43 bits per heavy atom. The summed E-state index contributed by atoms with van der Waals surface area (Å²) in [5.41, 5.74) is 0. The molecule has 1 heterocycles. The first-order valence-electron chi connectivity index (χ1n) is 4.50. The highest BCUT2D eigenvalue weighted by atomic mass is 127. The van der Waals surface area contributed by atoms with Crippen molar-refractivity contribution in [2.24, 2.45) is 5.92 Å². The summed E-state index contributed by atoms with van der Waals surface area (Å²) in [6.07, 6.45) is 1.02. The van der Waals surface area contributed by atoms with Crippen molar-refractivity contribution in [3.05, 3.63) is 0 Å². The average Bonchev–Trinajstić information content (AvgIpc) is 2.31. The number of hydrogen-bond acceptors (Lipinski definition) is 2. The Morgan fingerprint density at radius 2 is 1.86 bits per heavy atom. The molecule has 1 fully saturated rings. The number of carbonyl (C=O) groups excluding carboxylic acids is 1. The van der Waals surface area contributed by atoms with Crippen LogP contribution < -0.4 is 5.32 Å². The number of ketones is 1. The third-order valence-electron chi connectivity index (χ3n) is 1.84. The Labute approximate surface area is 127 Å². The summed E-state index contributed by atoms with van der Waals surface area (Å²) in [5.74, 6) is 0.957. The quantitative estimate of drug-likeness (QED) is 0.412. The highest BCUT2D eigenvalue weighted by molar-refractivity contribution is 14.3. The lowest BCUT2D eigenvalue weighted by Crippen LogP contribution is -2.28. The molecule has 1 aliphatic heterocycles. The Bertz CT molecular complexity index is 185. The van der Waals surface area contributed by atoms with Gasteiger partial charge in [0.2, 0.25) is 0 Å². The molecule has 2 nitrogen and oxygen atoms in total. The summed E-state index contributed by atoms with van der Waals surface area (Å²) in [5, 5.41) is 3.16. The minimum Gasteiger partial charge on any atom is -0.307 e. The highest BCUT2D eigenvalue weighted by Crippen LogP contribution is 2.33. The maximum Gasteiger partial charge on any atom is 0.146 e. The lowest BCUT2D eigenvalue weighted by atomic mass is 10.1. The van der Waals surface area contributed by atoms with E-state index in [1.54, 1.807) is 6.92 Å². The largest absolute Gasteiger partial charge is 0.307 e. The van der Waals surface area contributed by atoms with E-state index in [1.807, 2.05) is 0 Å². The van der Waals surface area contributed by atoms with Crippen LogP contribution in [0.15, 0.2) is 0 Å². The van der Waals surface area contributed by atoms with Gasteiger partial charge in [-0.15, -0.1) is 0 Å². The minimum absolute atomic E-state index is 0.153. The maximum absolute atomic E-state index is 10.7. The van der Waals surface area contributed by atoms with Crippen LogP contribution in [0.1, 0.15) is 27.2 Å². The van der Waals surface area contributed by atoms with Crippen LogP contribution in [0.4, 0.5) is 0 Å². The SMILES string of the molecule is CC(=O)C1CC(C)CN1.CC(I)(I)I. The van der Waals surface area contributed by atoms with Gasteiger partial charge in [-0.1, -0.05) is 74.7 Å². The van der Waals surface area contributed by atoms with Gasteiger partial charge in [0.15, 0.2) is 0 Å². The molecule has 0 aliphatic carbocycles. The van der Waals surface area contributed by atoms with E-state index in [0.29, 0.717) is 5.35 Å². The number of alkyl halides is 3. The normalized spacial score (nSPS) is 26.7. The number of carbonyl (C=O) groups is 1. The van der Waals surface area contributed by atoms with Gasteiger partial charge in [0, 0.05) is 0 Å². The first kappa shape index (κ1) is 15.8. The Hall–Kier alpha value is 1.82. The van der Waals surface area contributed by atoms with Gasteiger partial charge in [0.05, 0.1) is 6.04 Å². The van der Waals surface area contributed by atoms with Gasteiger partial charge in [-0.2, -0.15) is 0 Å². The van der Waals surface area contributed by atoms with E-state index in [9.17, 15) is 4.79 Å². The number of nitrogens with one attached hydrogen (secondary N) is 1. The van der Waals surface area contributed by atoms with Gasteiger partial charge < -0.3 is 5.32 Å². The molecule has 0 aromatic heterocycles. The van der Waals surface area contributed by atoms with Crippen LogP contribution in [0.25, 0.3) is 0 Å². The first-order chi connectivity index (χ1) is 6.20. The Balaban J connectivity index is 0.000000292. The van der Waals surface area contributed by atoms with E-state index in [1.165, 1.54) is 0 Å². The van der Waals surface area contributed by atoms with Gasteiger partial charge >= 0.3 is 0 Å². The molecule has 84 valence electrons. The summed E-state index contributed by atoms with van der Waals surface area (Å²) in [4.78, 5) is 10.7. The smallest absolute Gasteiger partial charge is 0.146 e. The second-order valence-electron chi connectivity index (χ2n) is 3.69. The number of Topliss-reactive ketones (excluding diaryl/α,β-unsaturated/α-hetero) is 1. The molecule has 2 unspecified atom stereocenters. The van der Waals surface area contributed by atoms with Crippen molar-refractivity contribution >= 4 is 73.6 Å². The topological polar surface area (TPSA) is 29.1 Å². The van der Waals surface area contributed by atoms with E-state index in [2.05, 4.69) is 86.9 Å². The third-order valence-corrected chi connectivity index (χ3v) is 1.84. The van der Waals surface area contributed by atoms with Crippen LogP contribution in [-0.2, 0) is 4.79 Å². The van der Waals surface area contributed by atoms with Crippen molar-refractivity contribution in [1.82, 2.24) is 5.32 Å². The van der Waals surface area contributed by atoms with E-state index >= 15 is 0 Å². The predicted octanol–water partition coefficient (Wildman–Crippen LogP) is 3.54. The molecule has 0 bridgehead atoms. The van der Waals surface area contributed by atoms with Crippen molar-refractivity contribution in [2.75, 3.05) is 6.54 Å². The van der Waals surface area contributed by atoms with Gasteiger partial charge in [-0.05, 0) is 32.7 Å². The highest BCUT2D eigenvalue weighted by Gasteiger charge is 2.23. The van der Waals surface area contributed by atoms with Crippen molar-refractivity contribution in [3.63, 3.8) is 0 Å². The molecule has 0 amide bonds. The summed E-state index contributed by atoms with van der Waals surface area (Å²) < 4.78 is 0.410. The van der Waals surface area contributed by atoms with Crippen molar-refractivity contribution in [1.29, 1.82) is 0 Å². The summed E-state index contributed by atoms with van der Waals surface area (Å²) >= 11 is 7.05. The number of halogens is 3. The van der Waals surface area contributed by atoms with Crippen LogP contribution in [-0.4, -0.2) is 17.8 Å². The van der Waals surface area contributed by atoms with E-state index < -0.39 is 0 Å². The predicted molar refractivity (Wildman–Crippen MR) is 86.7 cm³/mol. The van der Waals surface area contributed by atoms with Crippen LogP contribution in [0.2, 0.25) is 0 Å². The standard InChI is InChI=1S/C7H13NO.C2H3I3/c1-5-3-7(6(2)9)8-4-5;1-2(3,4)5/h5,7-8H,3-4H2,1-2H3;1H3. The second kappa shape index (κ2) is 7.21. The fourth-order valence-electron chi connectivity index (χ4n) is 1.22. The van der Waals surface area contributed by atoms with Gasteiger partial charge in [0.1, 0.15) is 5.22 Å². The lowest BCUT2D eigenvalue weighted by Gasteiger charge is -2.02. The van der Waals surface area contributed by atoms with Crippen molar-refractivity contribution in [2.45, 2.75) is 32.7 Å². The van der Waals surface area contributed by atoms with E-state index in [4.69, 9.17) is 0 Å². The fourth-order valence-corrected chi connectivity index (χ4v) is 1.22. The molecule has 0 aromatic rings. The second-order valence-corrected chi connectivity index (χ2v) is 16.4. The zero-order chi connectivity index (χ0) is 11.4. The Kier molecular flexibility index (Phi) is 8.14. The summed E-state index contributed by atoms with van der Waals surface area (Å²) in [6.45, 7) is 6.96. The van der Waals surface area contributed by atoms with Crippen LogP contribution in [0.5, 0.6) is 0 Å². The molecule has 0 radical (unpaired) electrons. The molecule has 0 spiro atoms. The molecule has 5 heteroatoms. The van der Waals surface area contributed by atoms with Crippen molar-refractivity contribution in [3.8, 4) is 0 Å². The number of rotatable bonds is 1. The lowest BCUT2D eigenvalue weighted by molar-refractivity contribution is -0.118. The van der Waals surface area contributed by atoms with Crippen molar-refractivity contribution < 1.29 is 4.79 Å². The summed E-state index contributed by atoms with van der Waals surface area (Å²) in [6, 6.07) is 0.153. The minimum atomic E-state index is 0.153. The molecular formula is C9H16I3NO. The van der Waals surface area contributed by atoms with Gasteiger partial charge in [-0.3, -0.25) is 4.79 Å². The summed E-state index contributed by atoms with van der Waals surface area (Å²) in [7, 11) is 0. The molecule has 2 atom stereocenters. The van der Waals surface area contributed by atoms with E-state index in [0.717, 1.165) is 13.0 Å². The molecule has 1 N–H and O–H groups in total. The van der Waals surface area contributed by atoms with Gasteiger partial charge in [-0.25, -0.2) is 0 Å². The fraction of sp³-hybridized carbons (Fsp3) is 0.889. The van der Waals surface area contributed by atoms with E-state index in [-0.39, 0.29) is 11.8 Å². The van der Waals surface area contributed by atoms with Gasteiger partial charge in [0.25, 0.3) is 0 Å². The Morgan fingerprint density at radius 3 is 2.00 bits per heavy atom. The maximum atomic E-state index is 10.7. The molecule has 1 saturated heterocycles. The zero-order valence-electron chi connectivity index (χ0n) is 8.61. The average molecular weight is 535 g/mol. The van der Waals surface area contributed by atoms with Crippen LogP contribution in [0, 0.1) is 5.92 Å². The monoisotopic (exact) mass is 535 g/mol. The third kappa shape index (κ3) is 10.3. The van der Waals surface area contributed by atoms with Crippen LogP contribution >= 0.6 is 67.8 Å². The molecule has 1 rings (SSSR count). The molecule has 0 saturated carbocycles. The molecular weight excluding hydrogens is 519 g/mol. The molecule has 1 aliphatic rings. The molecule has 0 aromatic carbocycles. The zero-order valence-corrected chi connectivity index (χ0v) is 15.1. The first-order valence-corrected chi connectivity index (χ1v) is 7.74. The number of hydrogen-bond donors (Lipinski definition) is 1.